The Labute approximate surface area is 98.8 Å². The molecule has 0 bridgehead atoms. The Kier molecular flexibility index (Phi) is 3.98. The summed E-state index contributed by atoms with van der Waals surface area (Å²) in [5, 5.41) is 0. The van der Waals surface area contributed by atoms with Gasteiger partial charge in [0.2, 0.25) is 0 Å². The Hall–Kier alpha value is -1.02. The summed E-state index contributed by atoms with van der Waals surface area (Å²) in [6, 6.07) is 6.40. The fourth-order valence-corrected chi connectivity index (χ4v) is 2.03. The Morgan fingerprint density at radius 1 is 1.31 bits per heavy atom. The predicted octanol–water partition coefficient (Wildman–Crippen LogP) is 3.20. The number of benzene rings is 1. The van der Waals surface area contributed by atoms with Crippen LogP contribution >= 0.6 is 0 Å². The lowest BCUT2D eigenvalue weighted by Gasteiger charge is -2.29. The molecule has 2 nitrogen and oxygen atoms in total. The molecular weight excluding hydrogens is 198 g/mol. The molecule has 0 aliphatic rings. The Morgan fingerprint density at radius 3 is 2.44 bits per heavy atom. The second kappa shape index (κ2) is 4.88. The molecule has 0 saturated carbocycles. The van der Waals surface area contributed by atoms with Crippen LogP contribution in [0.2, 0.25) is 0 Å². The molecule has 0 spiro atoms. The van der Waals surface area contributed by atoms with Crippen LogP contribution in [-0.4, -0.2) is 11.6 Å². The molecule has 0 aliphatic heterocycles. The lowest BCUT2D eigenvalue weighted by molar-refractivity contribution is 0.0924. The van der Waals surface area contributed by atoms with E-state index >= 15 is 0 Å². The largest absolute Gasteiger partial charge is 0.488 e. The minimum Gasteiger partial charge on any atom is -0.488 e. The second-order valence-corrected chi connectivity index (χ2v) is 5.31. The van der Waals surface area contributed by atoms with Crippen LogP contribution in [0.15, 0.2) is 18.2 Å². The molecule has 1 aromatic carbocycles. The smallest absolute Gasteiger partial charge is 0.123 e. The van der Waals surface area contributed by atoms with Crippen LogP contribution < -0.4 is 10.5 Å². The van der Waals surface area contributed by atoms with E-state index in [4.69, 9.17) is 10.5 Å². The summed E-state index contributed by atoms with van der Waals surface area (Å²) >= 11 is 0. The lowest BCUT2D eigenvalue weighted by Crippen LogP contribution is -2.35. The molecule has 1 aromatic rings. The van der Waals surface area contributed by atoms with Crippen molar-refractivity contribution in [2.45, 2.75) is 52.7 Å². The average Bonchev–Trinajstić information content (AvgIpc) is 2.07. The molecule has 2 heteroatoms. The normalized spacial score (nSPS) is 13.6. The third-order valence-corrected chi connectivity index (χ3v) is 2.53. The van der Waals surface area contributed by atoms with Gasteiger partial charge in [-0.15, -0.1) is 0 Å². The third-order valence-electron chi connectivity index (χ3n) is 2.53. The molecule has 90 valence electrons. The molecule has 1 unspecified atom stereocenters. The van der Waals surface area contributed by atoms with Gasteiger partial charge in [-0.2, -0.15) is 0 Å². The molecule has 2 N–H and O–H groups in total. The van der Waals surface area contributed by atoms with Gasteiger partial charge in [0.1, 0.15) is 11.4 Å². The summed E-state index contributed by atoms with van der Waals surface area (Å²) in [7, 11) is 0. The Morgan fingerprint density at radius 2 is 1.94 bits per heavy atom. The van der Waals surface area contributed by atoms with Crippen molar-refractivity contribution in [3.63, 3.8) is 0 Å². The predicted molar refractivity (Wildman–Crippen MR) is 68.9 cm³/mol. The van der Waals surface area contributed by atoms with Crippen molar-refractivity contribution in [1.82, 2.24) is 0 Å². The SMILES string of the molecule is Cc1ccc(OC(C)(C)CC(C)N)c(C)c1. The molecule has 1 rings (SSSR count). The highest BCUT2D eigenvalue weighted by atomic mass is 16.5. The van der Waals surface area contributed by atoms with E-state index in [1.54, 1.807) is 0 Å². The van der Waals surface area contributed by atoms with Gasteiger partial charge in [-0.05, 0) is 46.2 Å². The van der Waals surface area contributed by atoms with Crippen LogP contribution in [-0.2, 0) is 0 Å². The summed E-state index contributed by atoms with van der Waals surface area (Å²) in [5.41, 5.74) is 8.04. The highest BCUT2D eigenvalue weighted by Gasteiger charge is 2.22. The Bertz CT molecular complexity index is 356. The van der Waals surface area contributed by atoms with Crippen LogP contribution in [0.25, 0.3) is 0 Å². The van der Waals surface area contributed by atoms with Crippen LogP contribution in [0, 0.1) is 13.8 Å². The maximum Gasteiger partial charge on any atom is 0.123 e. The van der Waals surface area contributed by atoms with E-state index in [1.807, 2.05) is 13.0 Å². The molecule has 16 heavy (non-hydrogen) atoms. The molecule has 0 aromatic heterocycles. The quantitative estimate of drug-likeness (QED) is 0.847. The molecular formula is C14H23NO. The molecule has 1 atom stereocenters. The van der Waals surface area contributed by atoms with Crippen LogP contribution in [0.5, 0.6) is 5.75 Å². The molecule has 0 fully saturated rings. The summed E-state index contributed by atoms with van der Waals surface area (Å²) < 4.78 is 6.02. The monoisotopic (exact) mass is 221 g/mol. The highest BCUT2D eigenvalue weighted by Crippen LogP contribution is 2.25. The van der Waals surface area contributed by atoms with Crippen molar-refractivity contribution < 1.29 is 4.74 Å². The fourth-order valence-electron chi connectivity index (χ4n) is 2.03. The molecule has 0 aliphatic carbocycles. The van der Waals surface area contributed by atoms with Gasteiger partial charge in [0.25, 0.3) is 0 Å². The van der Waals surface area contributed by atoms with Crippen molar-refractivity contribution in [2.24, 2.45) is 5.73 Å². The fraction of sp³-hybridized carbons (Fsp3) is 0.571. The second-order valence-electron chi connectivity index (χ2n) is 5.31. The summed E-state index contributed by atoms with van der Waals surface area (Å²) in [6.07, 6.45) is 0.848. The van der Waals surface area contributed by atoms with Gasteiger partial charge in [-0.25, -0.2) is 0 Å². The number of aryl methyl sites for hydroxylation is 2. The highest BCUT2D eigenvalue weighted by molar-refractivity contribution is 5.36. The van der Waals surface area contributed by atoms with Crippen LogP contribution in [0.3, 0.4) is 0 Å². The van der Waals surface area contributed by atoms with Crippen molar-refractivity contribution in [2.75, 3.05) is 0 Å². The van der Waals surface area contributed by atoms with E-state index in [-0.39, 0.29) is 11.6 Å². The molecule has 0 heterocycles. The zero-order chi connectivity index (χ0) is 12.3. The molecule has 0 amide bonds. The maximum atomic E-state index is 6.02. The number of ether oxygens (including phenoxy) is 1. The van der Waals surface area contributed by atoms with Gasteiger partial charge < -0.3 is 10.5 Å². The number of hydrogen-bond acceptors (Lipinski definition) is 2. The zero-order valence-corrected chi connectivity index (χ0v) is 11.0. The van der Waals surface area contributed by atoms with E-state index in [0.29, 0.717) is 0 Å². The number of rotatable bonds is 4. The van der Waals surface area contributed by atoms with Crippen molar-refractivity contribution in [3.8, 4) is 5.75 Å². The first-order chi connectivity index (χ1) is 7.30. The van der Waals surface area contributed by atoms with E-state index in [9.17, 15) is 0 Å². The van der Waals surface area contributed by atoms with Gasteiger partial charge in [0.05, 0.1) is 0 Å². The van der Waals surface area contributed by atoms with E-state index in [2.05, 4.69) is 39.8 Å². The average molecular weight is 221 g/mol. The van der Waals surface area contributed by atoms with Crippen LogP contribution in [0.4, 0.5) is 0 Å². The van der Waals surface area contributed by atoms with Gasteiger partial charge >= 0.3 is 0 Å². The Balaban J connectivity index is 2.79. The minimum atomic E-state index is -0.214. The molecule has 0 radical (unpaired) electrons. The van der Waals surface area contributed by atoms with Gasteiger partial charge in [0, 0.05) is 12.5 Å². The van der Waals surface area contributed by atoms with Crippen LogP contribution in [0.1, 0.15) is 38.3 Å². The summed E-state index contributed by atoms with van der Waals surface area (Å²) in [4.78, 5) is 0. The van der Waals surface area contributed by atoms with E-state index in [1.165, 1.54) is 11.1 Å². The topological polar surface area (TPSA) is 35.2 Å². The van der Waals surface area contributed by atoms with Crippen molar-refractivity contribution >= 4 is 0 Å². The standard InChI is InChI=1S/C14H23NO/c1-10-6-7-13(11(2)8-10)16-14(4,5)9-12(3)15/h6-8,12H,9,15H2,1-5H3. The first-order valence-electron chi connectivity index (χ1n) is 5.82. The lowest BCUT2D eigenvalue weighted by atomic mass is 10.00. The van der Waals surface area contributed by atoms with E-state index in [0.717, 1.165) is 12.2 Å². The first-order valence-corrected chi connectivity index (χ1v) is 5.82. The van der Waals surface area contributed by atoms with Crippen molar-refractivity contribution in [1.29, 1.82) is 0 Å². The van der Waals surface area contributed by atoms with Gasteiger partial charge in [-0.3, -0.25) is 0 Å². The third kappa shape index (κ3) is 3.86. The number of hydrogen-bond donors (Lipinski definition) is 1. The summed E-state index contributed by atoms with van der Waals surface area (Å²) in [6.45, 7) is 10.3. The number of nitrogens with two attached hydrogens (primary N) is 1. The minimum absolute atomic E-state index is 0.153. The van der Waals surface area contributed by atoms with E-state index < -0.39 is 0 Å². The molecule has 0 saturated heterocycles. The van der Waals surface area contributed by atoms with Gasteiger partial charge in [0.15, 0.2) is 0 Å². The van der Waals surface area contributed by atoms with Gasteiger partial charge in [-0.1, -0.05) is 17.7 Å². The zero-order valence-electron chi connectivity index (χ0n) is 11.0. The van der Waals surface area contributed by atoms with Crippen molar-refractivity contribution in [3.05, 3.63) is 29.3 Å². The summed E-state index contributed by atoms with van der Waals surface area (Å²) in [5.74, 6) is 0.955. The first kappa shape index (κ1) is 13.0. The maximum absolute atomic E-state index is 6.02.